The van der Waals surface area contributed by atoms with Crippen molar-refractivity contribution < 1.29 is 29.3 Å². The Morgan fingerprint density at radius 2 is 1.71 bits per heavy atom. The number of carbonyl (C=O) groups is 2. The normalized spacial score (nSPS) is 9.79. The molecule has 1 aromatic rings. The van der Waals surface area contributed by atoms with Gasteiger partial charge in [-0.1, -0.05) is 0 Å². The second kappa shape index (κ2) is 3.33. The average molecular weight is 200 g/mol. The van der Waals surface area contributed by atoms with Gasteiger partial charge in [-0.05, 0) is 12.1 Å². The number of carbonyl (C=O) groups excluding carboxylic acids is 1. The molecule has 0 saturated heterocycles. The quantitative estimate of drug-likeness (QED) is 0.367. The molecule has 1 aromatic carbocycles. The molecule has 0 unspecified atom stereocenters. The van der Waals surface area contributed by atoms with Gasteiger partial charge in [0, 0.05) is 0 Å². The van der Waals surface area contributed by atoms with Gasteiger partial charge in [0.25, 0.3) is 5.78 Å². The molecule has 0 aliphatic rings. The first-order valence-corrected chi connectivity index (χ1v) is 3.43. The number of carboxylic acid groups (broad SMARTS) is 1. The first-order chi connectivity index (χ1) is 6.45. The Morgan fingerprint density at radius 3 is 2.21 bits per heavy atom. The summed E-state index contributed by atoms with van der Waals surface area (Å²) >= 11 is 0. The molecule has 74 valence electrons. The number of halogens is 1. The summed E-state index contributed by atoms with van der Waals surface area (Å²) in [7, 11) is 0. The van der Waals surface area contributed by atoms with Crippen LogP contribution in [0.2, 0.25) is 0 Å². The number of ketones is 1. The van der Waals surface area contributed by atoms with E-state index < -0.39 is 34.6 Å². The summed E-state index contributed by atoms with van der Waals surface area (Å²) in [5.41, 5.74) is -0.656. The summed E-state index contributed by atoms with van der Waals surface area (Å²) in [6, 6.07) is 1.46. The molecule has 6 heteroatoms. The molecule has 0 spiro atoms. The Hall–Kier alpha value is -2.11. The number of phenols is 2. The third kappa shape index (κ3) is 1.49. The van der Waals surface area contributed by atoms with E-state index in [1.807, 2.05) is 0 Å². The van der Waals surface area contributed by atoms with Crippen LogP contribution in [-0.2, 0) is 4.79 Å². The molecule has 14 heavy (non-hydrogen) atoms. The van der Waals surface area contributed by atoms with Gasteiger partial charge in [-0.15, -0.1) is 0 Å². The fraction of sp³-hybridized carbons (Fsp3) is 0. The lowest BCUT2D eigenvalue weighted by atomic mass is 10.1. The highest BCUT2D eigenvalue weighted by atomic mass is 19.1. The van der Waals surface area contributed by atoms with E-state index in [4.69, 9.17) is 15.3 Å². The number of hydrogen-bond donors (Lipinski definition) is 3. The number of Topliss-reactive ketones (excluding diaryl/α,β-unsaturated/α-hetero) is 1. The molecule has 0 radical (unpaired) electrons. The second-order valence-electron chi connectivity index (χ2n) is 2.43. The molecule has 0 saturated carbocycles. The molecule has 5 nitrogen and oxygen atoms in total. The number of carboxylic acids is 1. The van der Waals surface area contributed by atoms with E-state index in [9.17, 15) is 14.0 Å². The molecule has 0 aliphatic heterocycles. The average Bonchev–Trinajstić information content (AvgIpc) is 2.13. The Balaban J connectivity index is 3.31. The Labute approximate surface area is 77.0 Å². The monoisotopic (exact) mass is 200 g/mol. The second-order valence-corrected chi connectivity index (χ2v) is 2.43. The van der Waals surface area contributed by atoms with Crippen LogP contribution in [0, 0.1) is 5.82 Å². The van der Waals surface area contributed by atoms with Crippen LogP contribution in [0.4, 0.5) is 4.39 Å². The lowest BCUT2D eigenvalue weighted by molar-refractivity contribution is -0.131. The number of phenolic OH excluding ortho intramolecular Hbond substituents is 2. The van der Waals surface area contributed by atoms with E-state index in [1.54, 1.807) is 0 Å². The molecular weight excluding hydrogens is 195 g/mol. The predicted molar refractivity (Wildman–Crippen MR) is 41.7 cm³/mol. The highest BCUT2D eigenvalue weighted by Crippen LogP contribution is 2.31. The molecule has 0 aliphatic carbocycles. The SMILES string of the molecule is O=C(O)C(=O)c1ccc(F)c(O)c1O. The van der Waals surface area contributed by atoms with Gasteiger partial charge < -0.3 is 15.3 Å². The van der Waals surface area contributed by atoms with Crippen LogP contribution in [0.1, 0.15) is 10.4 Å². The topological polar surface area (TPSA) is 94.8 Å². The predicted octanol–water partition coefficient (Wildman–Crippen LogP) is 0.504. The van der Waals surface area contributed by atoms with Crippen LogP contribution in [0.15, 0.2) is 12.1 Å². The van der Waals surface area contributed by atoms with Gasteiger partial charge in [0.05, 0.1) is 5.56 Å². The minimum atomic E-state index is -1.80. The number of hydrogen-bond acceptors (Lipinski definition) is 4. The minimum Gasteiger partial charge on any atom is -0.504 e. The van der Waals surface area contributed by atoms with Crippen LogP contribution in [0.5, 0.6) is 11.5 Å². The fourth-order valence-electron chi connectivity index (χ4n) is 0.853. The highest BCUT2D eigenvalue weighted by molar-refractivity contribution is 6.40. The van der Waals surface area contributed by atoms with E-state index in [1.165, 1.54) is 0 Å². The van der Waals surface area contributed by atoms with Gasteiger partial charge in [-0.2, -0.15) is 0 Å². The van der Waals surface area contributed by atoms with Crippen molar-refractivity contribution >= 4 is 11.8 Å². The van der Waals surface area contributed by atoms with E-state index in [0.29, 0.717) is 6.07 Å². The van der Waals surface area contributed by atoms with Crippen molar-refractivity contribution in [3.63, 3.8) is 0 Å². The van der Waals surface area contributed by atoms with Crippen molar-refractivity contribution in [2.45, 2.75) is 0 Å². The van der Waals surface area contributed by atoms with Gasteiger partial charge >= 0.3 is 5.97 Å². The molecule has 1 rings (SSSR count). The van der Waals surface area contributed by atoms with Crippen LogP contribution in [-0.4, -0.2) is 27.1 Å². The number of benzene rings is 1. The molecule has 0 bridgehead atoms. The zero-order valence-corrected chi connectivity index (χ0v) is 6.69. The smallest absolute Gasteiger partial charge is 0.377 e. The Kier molecular flexibility index (Phi) is 2.37. The van der Waals surface area contributed by atoms with Gasteiger partial charge in [0.15, 0.2) is 17.3 Å². The molecular formula is C8H5FO5. The van der Waals surface area contributed by atoms with Crippen molar-refractivity contribution in [1.82, 2.24) is 0 Å². The van der Waals surface area contributed by atoms with Crippen molar-refractivity contribution in [2.24, 2.45) is 0 Å². The summed E-state index contributed by atoms with van der Waals surface area (Å²) in [5, 5.41) is 26.2. The van der Waals surface area contributed by atoms with Crippen molar-refractivity contribution in [3.05, 3.63) is 23.5 Å². The first-order valence-electron chi connectivity index (χ1n) is 3.43. The lowest BCUT2D eigenvalue weighted by Crippen LogP contribution is -2.12. The standard InChI is InChI=1S/C8H5FO5/c9-4-2-1-3(5(10)7(4)12)6(11)8(13)14/h1-2,10,12H,(H,13,14). The van der Waals surface area contributed by atoms with Crippen LogP contribution >= 0.6 is 0 Å². The lowest BCUT2D eigenvalue weighted by Gasteiger charge is -2.02. The third-order valence-electron chi connectivity index (χ3n) is 1.54. The third-order valence-corrected chi connectivity index (χ3v) is 1.54. The number of aromatic hydroxyl groups is 2. The largest absolute Gasteiger partial charge is 0.504 e. The molecule has 3 N–H and O–H groups in total. The van der Waals surface area contributed by atoms with E-state index >= 15 is 0 Å². The van der Waals surface area contributed by atoms with Crippen molar-refractivity contribution in [1.29, 1.82) is 0 Å². The molecule has 0 atom stereocenters. The van der Waals surface area contributed by atoms with E-state index in [0.717, 1.165) is 6.07 Å². The number of rotatable bonds is 2. The summed E-state index contributed by atoms with van der Waals surface area (Å²) in [6.45, 7) is 0. The van der Waals surface area contributed by atoms with Gasteiger partial charge in [0.2, 0.25) is 0 Å². The first kappa shape index (κ1) is 9.97. The Bertz CT molecular complexity index is 412. The highest BCUT2D eigenvalue weighted by Gasteiger charge is 2.22. The summed E-state index contributed by atoms with van der Waals surface area (Å²) in [5.74, 6) is -6.57. The Morgan fingerprint density at radius 1 is 1.14 bits per heavy atom. The maximum absolute atomic E-state index is 12.6. The van der Waals surface area contributed by atoms with Crippen molar-refractivity contribution in [2.75, 3.05) is 0 Å². The van der Waals surface area contributed by atoms with Crippen LogP contribution in [0.25, 0.3) is 0 Å². The summed E-state index contributed by atoms with van der Waals surface area (Å²) in [4.78, 5) is 21.0. The minimum absolute atomic E-state index is 0.656. The summed E-state index contributed by atoms with van der Waals surface area (Å²) < 4.78 is 12.6. The zero-order chi connectivity index (χ0) is 10.9. The fourth-order valence-corrected chi connectivity index (χ4v) is 0.853. The molecule has 0 heterocycles. The molecule has 0 aromatic heterocycles. The van der Waals surface area contributed by atoms with E-state index in [2.05, 4.69) is 0 Å². The number of aliphatic carboxylic acids is 1. The van der Waals surface area contributed by atoms with Crippen LogP contribution < -0.4 is 0 Å². The maximum Gasteiger partial charge on any atom is 0.377 e. The van der Waals surface area contributed by atoms with Crippen molar-refractivity contribution in [3.8, 4) is 11.5 Å². The van der Waals surface area contributed by atoms with Gasteiger partial charge in [-0.25, -0.2) is 9.18 Å². The van der Waals surface area contributed by atoms with Gasteiger partial charge in [0.1, 0.15) is 0 Å². The summed E-state index contributed by atoms with van der Waals surface area (Å²) in [6.07, 6.45) is 0. The van der Waals surface area contributed by atoms with Gasteiger partial charge in [-0.3, -0.25) is 4.79 Å². The maximum atomic E-state index is 12.6. The zero-order valence-electron chi connectivity index (χ0n) is 6.69. The van der Waals surface area contributed by atoms with Crippen LogP contribution in [0.3, 0.4) is 0 Å². The van der Waals surface area contributed by atoms with E-state index in [-0.39, 0.29) is 0 Å². The molecule has 0 fully saturated rings. The molecule has 0 amide bonds.